The van der Waals surface area contributed by atoms with Crippen molar-refractivity contribution in [3.63, 3.8) is 0 Å². The van der Waals surface area contributed by atoms with Gasteiger partial charge < -0.3 is 9.05 Å². The molecule has 3 rings (SSSR count). The minimum Gasteiger partial charge on any atom is -0.305 e. The van der Waals surface area contributed by atoms with E-state index in [2.05, 4.69) is 15.5 Å². The van der Waals surface area contributed by atoms with E-state index in [0.29, 0.717) is 23.6 Å². The summed E-state index contributed by atoms with van der Waals surface area (Å²) in [4.78, 5) is 4.52. The fourth-order valence-electron chi connectivity index (χ4n) is 2.50. The molecule has 1 aromatic heterocycles. The predicted octanol–water partition coefficient (Wildman–Crippen LogP) is 5.15. The molecule has 0 amide bonds. The third kappa shape index (κ3) is 5.14. The first-order valence-electron chi connectivity index (χ1n) is 8.94. The normalized spacial score (nSPS) is 11.8. The lowest BCUT2D eigenvalue weighted by Gasteiger charge is -2.17. The molecule has 0 aliphatic heterocycles. The number of nitrogens with one attached hydrogen (secondary N) is 1. The van der Waals surface area contributed by atoms with Crippen molar-refractivity contribution >= 4 is 35.6 Å². The van der Waals surface area contributed by atoms with Crippen LogP contribution in [0.4, 0.5) is 5.13 Å². The largest absolute Gasteiger partial charge is 0.361 e. The number of hydrazone groups is 1. The number of benzene rings is 2. The van der Waals surface area contributed by atoms with Gasteiger partial charge in [-0.05, 0) is 31.5 Å². The summed E-state index contributed by atoms with van der Waals surface area (Å²) in [6.07, 6.45) is 1.68. The van der Waals surface area contributed by atoms with Gasteiger partial charge in [-0.3, -0.25) is 9.99 Å². The van der Waals surface area contributed by atoms with E-state index in [4.69, 9.17) is 9.05 Å². The van der Waals surface area contributed by atoms with E-state index in [1.807, 2.05) is 47.8 Å². The first kappa shape index (κ1) is 20.4. The summed E-state index contributed by atoms with van der Waals surface area (Å²) in [7, 11) is -3.26. The molecule has 2 aromatic carbocycles. The molecule has 0 saturated carbocycles. The first-order chi connectivity index (χ1) is 13.6. The number of aromatic nitrogens is 1. The molecule has 0 saturated heterocycles. The van der Waals surface area contributed by atoms with Crippen molar-refractivity contribution in [2.75, 3.05) is 18.6 Å². The van der Waals surface area contributed by atoms with Gasteiger partial charge in [0, 0.05) is 10.9 Å². The summed E-state index contributed by atoms with van der Waals surface area (Å²) in [6, 6.07) is 17.1. The summed E-state index contributed by atoms with van der Waals surface area (Å²) < 4.78 is 23.5. The van der Waals surface area contributed by atoms with Gasteiger partial charge in [-0.1, -0.05) is 42.5 Å². The summed E-state index contributed by atoms with van der Waals surface area (Å²) in [5.41, 5.74) is 5.78. The highest BCUT2D eigenvalue weighted by Crippen LogP contribution is 2.46. The number of hydrogen-bond acceptors (Lipinski definition) is 7. The fourth-order valence-corrected chi connectivity index (χ4v) is 4.73. The van der Waals surface area contributed by atoms with Gasteiger partial charge in [-0.2, -0.15) is 5.10 Å². The van der Waals surface area contributed by atoms with Crippen molar-refractivity contribution in [1.82, 2.24) is 4.98 Å². The highest BCUT2D eigenvalue weighted by molar-refractivity contribution is 7.62. The molecule has 0 aliphatic rings. The molecule has 0 fully saturated rings. The van der Waals surface area contributed by atoms with Crippen molar-refractivity contribution in [2.24, 2.45) is 5.10 Å². The smallest absolute Gasteiger partial charge is 0.305 e. The second-order valence-electron chi connectivity index (χ2n) is 5.70. The maximum absolute atomic E-state index is 12.7. The van der Waals surface area contributed by atoms with Crippen LogP contribution in [0.2, 0.25) is 0 Å². The lowest BCUT2D eigenvalue weighted by Crippen LogP contribution is -2.10. The number of nitrogens with zero attached hydrogens (tertiary/aromatic N) is 2. The van der Waals surface area contributed by atoms with Gasteiger partial charge in [-0.15, -0.1) is 11.3 Å². The minimum atomic E-state index is -3.26. The lowest BCUT2D eigenvalue weighted by atomic mass is 10.2. The Morgan fingerprint density at radius 3 is 2.39 bits per heavy atom. The van der Waals surface area contributed by atoms with Crippen LogP contribution in [0.1, 0.15) is 19.4 Å². The summed E-state index contributed by atoms with van der Waals surface area (Å²) in [5.74, 6) is 0. The van der Waals surface area contributed by atoms with Gasteiger partial charge in [-0.25, -0.2) is 4.98 Å². The molecule has 0 unspecified atom stereocenters. The van der Waals surface area contributed by atoms with Crippen LogP contribution in [-0.4, -0.2) is 24.4 Å². The molecule has 0 bridgehead atoms. The number of anilines is 1. The Morgan fingerprint density at radius 2 is 1.75 bits per heavy atom. The molecule has 8 heteroatoms. The molecule has 146 valence electrons. The third-order valence-corrected chi connectivity index (χ3v) is 6.63. The maximum Gasteiger partial charge on any atom is 0.361 e. The summed E-state index contributed by atoms with van der Waals surface area (Å²) >= 11 is 1.49. The van der Waals surface area contributed by atoms with E-state index in [0.717, 1.165) is 16.8 Å². The Morgan fingerprint density at radius 1 is 1.07 bits per heavy atom. The molecular weight excluding hydrogens is 393 g/mol. The molecule has 0 spiro atoms. The average molecular weight is 415 g/mol. The molecule has 0 radical (unpaired) electrons. The van der Waals surface area contributed by atoms with Crippen LogP contribution >= 0.6 is 18.9 Å². The van der Waals surface area contributed by atoms with Gasteiger partial charge in [0.1, 0.15) is 0 Å². The molecule has 6 nitrogen and oxygen atoms in total. The minimum absolute atomic E-state index is 0.323. The Labute approximate surface area is 168 Å². The highest BCUT2D eigenvalue weighted by atomic mass is 32.1. The number of hydrogen-bond donors (Lipinski definition) is 1. The van der Waals surface area contributed by atoms with Gasteiger partial charge in [0.25, 0.3) is 0 Å². The second-order valence-corrected chi connectivity index (χ2v) is 8.58. The van der Waals surface area contributed by atoms with Gasteiger partial charge in [0.2, 0.25) is 5.13 Å². The lowest BCUT2D eigenvalue weighted by molar-refractivity contribution is 0.230. The number of rotatable bonds is 9. The van der Waals surface area contributed by atoms with Crippen molar-refractivity contribution < 1.29 is 13.6 Å². The molecule has 0 atom stereocenters. The van der Waals surface area contributed by atoms with E-state index < -0.39 is 7.60 Å². The van der Waals surface area contributed by atoms with E-state index in [-0.39, 0.29) is 0 Å². The second kappa shape index (κ2) is 9.75. The Kier molecular flexibility index (Phi) is 7.12. The topological polar surface area (TPSA) is 72.8 Å². The molecule has 3 aromatic rings. The van der Waals surface area contributed by atoms with Crippen molar-refractivity contribution in [3.8, 4) is 11.3 Å². The summed E-state index contributed by atoms with van der Waals surface area (Å²) in [6.45, 7) is 4.23. The van der Waals surface area contributed by atoms with Crippen LogP contribution in [0.25, 0.3) is 11.3 Å². The Hall–Kier alpha value is -2.31. The SMILES string of the molecule is CCOP(=O)(OCC)c1ccc(C=NNc2nc(-c3ccccc3)cs2)cc1. The Bertz CT molecular complexity index is 948. The molecule has 0 aliphatic carbocycles. The molecule has 28 heavy (non-hydrogen) atoms. The zero-order valence-corrected chi connectivity index (χ0v) is 17.5. The zero-order valence-electron chi connectivity index (χ0n) is 15.7. The third-order valence-electron chi connectivity index (χ3n) is 3.75. The average Bonchev–Trinajstić information content (AvgIpc) is 3.18. The molecule has 1 N–H and O–H groups in total. The van der Waals surface area contributed by atoms with Crippen LogP contribution in [0.5, 0.6) is 0 Å². The van der Waals surface area contributed by atoms with E-state index in [1.165, 1.54) is 11.3 Å². The van der Waals surface area contributed by atoms with Gasteiger partial charge >= 0.3 is 7.60 Å². The van der Waals surface area contributed by atoms with E-state index in [9.17, 15) is 4.57 Å². The van der Waals surface area contributed by atoms with Gasteiger partial charge in [0.05, 0.1) is 30.4 Å². The predicted molar refractivity (Wildman–Crippen MR) is 116 cm³/mol. The summed E-state index contributed by atoms with van der Waals surface area (Å²) in [5, 5.41) is 7.46. The van der Waals surface area contributed by atoms with Crippen molar-refractivity contribution in [1.29, 1.82) is 0 Å². The van der Waals surface area contributed by atoms with E-state index >= 15 is 0 Å². The van der Waals surface area contributed by atoms with Crippen LogP contribution < -0.4 is 10.7 Å². The van der Waals surface area contributed by atoms with Gasteiger partial charge in [0.15, 0.2) is 0 Å². The molecule has 1 heterocycles. The quantitative estimate of drug-likeness (QED) is 0.297. The monoisotopic (exact) mass is 415 g/mol. The number of thiazole rings is 1. The fraction of sp³-hybridized carbons (Fsp3) is 0.200. The standard InChI is InChI=1S/C20H22N3O3PS/c1-3-25-27(24,26-4-2)18-12-10-16(11-13-18)14-21-23-20-22-19(15-28-20)17-8-6-5-7-9-17/h5-15H,3-4H2,1-2H3,(H,22,23). The maximum atomic E-state index is 12.7. The van der Waals surface area contributed by atoms with Crippen LogP contribution in [0.15, 0.2) is 65.1 Å². The first-order valence-corrected chi connectivity index (χ1v) is 11.4. The Balaban J connectivity index is 1.64. The molecular formula is C20H22N3O3PS. The highest BCUT2D eigenvalue weighted by Gasteiger charge is 2.26. The van der Waals surface area contributed by atoms with Crippen molar-refractivity contribution in [2.45, 2.75) is 13.8 Å². The van der Waals surface area contributed by atoms with Crippen molar-refractivity contribution in [3.05, 3.63) is 65.5 Å². The van der Waals surface area contributed by atoms with E-state index in [1.54, 1.807) is 32.2 Å². The van der Waals surface area contributed by atoms with Crippen LogP contribution in [0.3, 0.4) is 0 Å². The van der Waals surface area contributed by atoms with Crippen LogP contribution in [-0.2, 0) is 13.6 Å². The zero-order chi connectivity index (χ0) is 19.8. The van der Waals surface area contributed by atoms with Crippen LogP contribution in [0, 0.1) is 0 Å².